The van der Waals surface area contributed by atoms with Gasteiger partial charge in [0, 0.05) is 24.3 Å². The molecular weight excluding hydrogens is 452 g/mol. The topological polar surface area (TPSA) is 146 Å². The van der Waals surface area contributed by atoms with Crippen LogP contribution in [0.3, 0.4) is 0 Å². The molecule has 13 heteroatoms. The van der Waals surface area contributed by atoms with Crippen LogP contribution in [0.1, 0.15) is 17.0 Å². The van der Waals surface area contributed by atoms with Gasteiger partial charge in [-0.3, -0.25) is 14.4 Å². The third-order valence-electron chi connectivity index (χ3n) is 4.97. The molecule has 33 heavy (non-hydrogen) atoms. The molecule has 0 bridgehead atoms. The Morgan fingerprint density at radius 3 is 2.67 bits per heavy atom. The summed E-state index contributed by atoms with van der Waals surface area (Å²) in [6.45, 7) is 4.62. The van der Waals surface area contributed by atoms with Crippen LogP contribution in [-0.2, 0) is 26.1 Å². The van der Waals surface area contributed by atoms with Crippen molar-refractivity contribution in [3.63, 3.8) is 0 Å². The fourth-order valence-corrected chi connectivity index (χ4v) is 3.90. The maximum Gasteiger partial charge on any atom is 0.348 e. The SMILES string of the molecule is Cc1noc(C)c1CN1CCN2C=C(C(=O)Nc3cccc(NS(C)(=O)=O)c3)OC2=NC1=O. The summed E-state index contributed by atoms with van der Waals surface area (Å²) < 4.78 is 35.8. The van der Waals surface area contributed by atoms with E-state index < -0.39 is 22.0 Å². The highest BCUT2D eigenvalue weighted by atomic mass is 32.2. The number of fused-ring (bicyclic) bond motifs is 1. The standard InChI is InChI=1S/C20H22N6O6S/c1-12-16(13(2)32-23-12)10-25-7-8-26-11-17(31-20(26)22-19(25)28)18(27)21-14-5-4-6-15(9-14)24-33(3,29)30/h4-6,9,11,24H,7-8,10H2,1-3H3,(H,21,27). The molecular formula is C20H22N6O6S. The summed E-state index contributed by atoms with van der Waals surface area (Å²) in [4.78, 5) is 32.4. The predicted octanol–water partition coefficient (Wildman–Crippen LogP) is 1.77. The first-order valence-electron chi connectivity index (χ1n) is 9.94. The average Bonchev–Trinajstić information content (AvgIpc) is 3.23. The average molecular weight is 474 g/mol. The van der Waals surface area contributed by atoms with E-state index in [0.29, 0.717) is 42.5 Å². The summed E-state index contributed by atoms with van der Waals surface area (Å²) in [5.74, 6) is 0.0353. The van der Waals surface area contributed by atoms with Crippen molar-refractivity contribution in [1.82, 2.24) is 15.0 Å². The van der Waals surface area contributed by atoms with Crippen LogP contribution < -0.4 is 10.0 Å². The van der Waals surface area contributed by atoms with Crippen LogP contribution in [-0.4, -0.2) is 60.7 Å². The van der Waals surface area contributed by atoms with Gasteiger partial charge in [-0.1, -0.05) is 11.2 Å². The van der Waals surface area contributed by atoms with E-state index in [2.05, 4.69) is 20.2 Å². The van der Waals surface area contributed by atoms with Gasteiger partial charge in [0.2, 0.25) is 15.8 Å². The number of anilines is 2. The van der Waals surface area contributed by atoms with Gasteiger partial charge in [-0.2, -0.15) is 0 Å². The minimum atomic E-state index is -3.45. The molecule has 0 spiro atoms. The second-order valence-corrected chi connectivity index (χ2v) is 9.35. The number of nitrogens with one attached hydrogen (secondary N) is 2. The number of aromatic nitrogens is 1. The van der Waals surface area contributed by atoms with Crippen molar-refractivity contribution in [1.29, 1.82) is 0 Å². The third-order valence-corrected chi connectivity index (χ3v) is 5.58. The second-order valence-electron chi connectivity index (χ2n) is 7.60. The van der Waals surface area contributed by atoms with E-state index in [0.717, 1.165) is 11.8 Å². The van der Waals surface area contributed by atoms with Gasteiger partial charge < -0.3 is 19.5 Å². The lowest BCUT2D eigenvalue weighted by Gasteiger charge is -2.19. The molecule has 0 radical (unpaired) electrons. The molecule has 174 valence electrons. The predicted molar refractivity (Wildman–Crippen MR) is 119 cm³/mol. The van der Waals surface area contributed by atoms with Gasteiger partial charge in [0.25, 0.3) is 5.91 Å². The van der Waals surface area contributed by atoms with Crippen LogP contribution in [0.4, 0.5) is 16.2 Å². The number of sulfonamides is 1. The summed E-state index contributed by atoms with van der Waals surface area (Å²) in [5.41, 5.74) is 2.21. The highest BCUT2D eigenvalue weighted by molar-refractivity contribution is 7.92. The van der Waals surface area contributed by atoms with E-state index in [1.54, 1.807) is 34.9 Å². The number of hydrogen-bond acceptors (Lipinski definition) is 8. The van der Waals surface area contributed by atoms with Crippen molar-refractivity contribution in [3.05, 3.63) is 53.2 Å². The molecule has 3 heterocycles. The zero-order valence-electron chi connectivity index (χ0n) is 18.2. The largest absolute Gasteiger partial charge is 0.418 e. The first-order chi connectivity index (χ1) is 15.6. The van der Waals surface area contributed by atoms with Crippen LogP contribution in [0.2, 0.25) is 0 Å². The molecule has 0 atom stereocenters. The zero-order valence-corrected chi connectivity index (χ0v) is 19.0. The molecule has 3 amide bonds. The Hall–Kier alpha value is -3.87. The molecule has 2 N–H and O–H groups in total. The summed E-state index contributed by atoms with van der Waals surface area (Å²) in [6.07, 6.45) is 2.51. The van der Waals surface area contributed by atoms with Crippen LogP contribution >= 0.6 is 0 Å². The number of benzene rings is 1. The molecule has 0 unspecified atom stereocenters. The Kier molecular flexibility index (Phi) is 5.80. The van der Waals surface area contributed by atoms with Crippen LogP contribution in [0, 0.1) is 13.8 Å². The van der Waals surface area contributed by atoms with Gasteiger partial charge in [0.15, 0.2) is 0 Å². The van der Waals surface area contributed by atoms with Gasteiger partial charge in [-0.15, -0.1) is 4.99 Å². The minimum absolute atomic E-state index is 0.0129. The molecule has 0 aliphatic carbocycles. The van der Waals surface area contributed by atoms with Crippen molar-refractivity contribution in [2.75, 3.05) is 29.4 Å². The Morgan fingerprint density at radius 2 is 1.97 bits per heavy atom. The van der Waals surface area contributed by atoms with Crippen LogP contribution in [0.25, 0.3) is 0 Å². The number of rotatable bonds is 6. The normalized spacial score (nSPS) is 15.9. The van der Waals surface area contributed by atoms with Crippen molar-refractivity contribution >= 4 is 39.4 Å². The van der Waals surface area contributed by atoms with Crippen molar-refractivity contribution in [2.45, 2.75) is 20.4 Å². The summed E-state index contributed by atoms with van der Waals surface area (Å²) in [5, 5.41) is 6.54. The molecule has 2 aliphatic rings. The number of hydrogen-bond donors (Lipinski definition) is 2. The lowest BCUT2D eigenvalue weighted by atomic mass is 10.2. The highest BCUT2D eigenvalue weighted by Crippen LogP contribution is 2.22. The van der Waals surface area contributed by atoms with Gasteiger partial charge in [0.05, 0.1) is 30.4 Å². The number of aliphatic imine (C=N–C) groups is 1. The molecule has 1 aromatic heterocycles. The Balaban J connectivity index is 1.42. The summed E-state index contributed by atoms with van der Waals surface area (Å²) >= 11 is 0. The molecule has 0 saturated heterocycles. The molecule has 4 rings (SSSR count). The molecule has 2 aliphatic heterocycles. The van der Waals surface area contributed by atoms with Gasteiger partial charge in [-0.25, -0.2) is 13.2 Å². The first kappa shape index (κ1) is 22.3. The number of amidine groups is 1. The van der Waals surface area contributed by atoms with E-state index in [1.165, 1.54) is 12.3 Å². The monoisotopic (exact) mass is 474 g/mol. The zero-order chi connectivity index (χ0) is 23.8. The van der Waals surface area contributed by atoms with Gasteiger partial charge in [-0.05, 0) is 32.0 Å². The number of nitrogens with zero attached hydrogens (tertiary/aromatic N) is 4. The van der Waals surface area contributed by atoms with E-state index in [4.69, 9.17) is 9.26 Å². The van der Waals surface area contributed by atoms with Gasteiger partial charge >= 0.3 is 12.1 Å². The van der Waals surface area contributed by atoms with Crippen LogP contribution in [0.15, 0.2) is 45.7 Å². The quantitative estimate of drug-likeness (QED) is 0.644. The molecule has 1 aromatic carbocycles. The Bertz CT molecular complexity index is 1260. The summed E-state index contributed by atoms with van der Waals surface area (Å²) in [6, 6.07) is 5.74. The van der Waals surface area contributed by atoms with E-state index in [-0.39, 0.29) is 11.8 Å². The van der Waals surface area contributed by atoms with Crippen molar-refractivity contribution in [2.24, 2.45) is 4.99 Å². The first-order valence-corrected chi connectivity index (χ1v) is 11.8. The molecule has 0 saturated carbocycles. The number of carbonyl (C=O) groups is 2. The number of urea groups is 1. The minimum Gasteiger partial charge on any atom is -0.418 e. The van der Waals surface area contributed by atoms with E-state index in [9.17, 15) is 18.0 Å². The Labute approximate surface area is 189 Å². The third kappa shape index (κ3) is 5.14. The maximum atomic E-state index is 12.6. The lowest BCUT2D eigenvalue weighted by molar-refractivity contribution is -0.114. The number of amides is 3. The highest BCUT2D eigenvalue weighted by Gasteiger charge is 2.32. The number of ether oxygens (including phenoxy) is 1. The fourth-order valence-electron chi connectivity index (χ4n) is 3.34. The molecule has 2 aromatic rings. The maximum absolute atomic E-state index is 12.6. The number of carbonyl (C=O) groups excluding carboxylic acids is 2. The smallest absolute Gasteiger partial charge is 0.348 e. The summed E-state index contributed by atoms with van der Waals surface area (Å²) in [7, 11) is -3.45. The van der Waals surface area contributed by atoms with Crippen molar-refractivity contribution < 1.29 is 27.3 Å². The van der Waals surface area contributed by atoms with Gasteiger partial charge in [0.1, 0.15) is 5.76 Å². The van der Waals surface area contributed by atoms with E-state index in [1.807, 2.05) is 6.92 Å². The van der Waals surface area contributed by atoms with E-state index >= 15 is 0 Å². The molecule has 12 nitrogen and oxygen atoms in total. The fraction of sp³-hybridized carbons (Fsp3) is 0.300. The Morgan fingerprint density at radius 1 is 1.21 bits per heavy atom. The van der Waals surface area contributed by atoms with Crippen LogP contribution in [0.5, 0.6) is 0 Å². The lowest BCUT2D eigenvalue weighted by Crippen LogP contribution is -2.32. The van der Waals surface area contributed by atoms with Crippen molar-refractivity contribution in [3.8, 4) is 0 Å². The second kappa shape index (κ2) is 8.58. The molecule has 0 fully saturated rings. The number of aryl methyl sites for hydroxylation is 2.